The smallest absolute Gasteiger partial charge is 0.118 e. The minimum Gasteiger partial charge on any atom is -0.118 e. The minimum absolute atomic E-state index is 0. The van der Waals surface area contributed by atoms with E-state index in [1.165, 1.54) is 0 Å². The Morgan fingerprint density at radius 2 is 1.00 bits per heavy atom. The number of hydrogen-bond acceptors (Lipinski definition) is 0. The fourth-order valence-electron chi connectivity index (χ4n) is 0. The van der Waals surface area contributed by atoms with Crippen molar-refractivity contribution in [3.8, 4) is 0 Å². The predicted octanol–water partition coefficient (Wildman–Crippen LogP) is -3.23. The molecule has 0 amide bonds. The van der Waals surface area contributed by atoms with Crippen LogP contribution in [0.3, 0.4) is 0 Å². The standard InChI is InChI=1S/Al.Ga.In.H2P.9H/h;;;1H2;;;;;;;;;. The Morgan fingerprint density at radius 3 is 1.00 bits per heavy atom. The second-order valence-electron chi connectivity index (χ2n) is 0. The molecule has 0 aliphatic heterocycles. The van der Waals surface area contributed by atoms with Crippen molar-refractivity contribution in [2.45, 2.75) is 0 Å². The molecule has 0 aliphatic rings. The van der Waals surface area contributed by atoms with E-state index in [0.29, 0.717) is 0 Å². The van der Waals surface area contributed by atoms with Crippen LogP contribution in [0.15, 0.2) is 0 Å². The first kappa shape index (κ1) is 31.7. The monoisotopic (exact) mass is 253 g/mol. The molecule has 0 unspecified atom stereocenters. The molecule has 0 aliphatic carbocycles. The van der Waals surface area contributed by atoms with Crippen LogP contribution in [0.2, 0.25) is 0 Å². The molecule has 0 atom stereocenters. The maximum atomic E-state index is 0. The molecule has 4 heteroatoms. The first-order chi connectivity index (χ1) is 0. The van der Waals surface area contributed by atoms with Gasteiger partial charge in [-0.1, -0.05) is 0 Å². The van der Waals surface area contributed by atoms with Gasteiger partial charge < -0.3 is 0 Å². The molecule has 1 radical (unpaired) electrons. The van der Waals surface area contributed by atoms with Gasteiger partial charge in [0.2, 0.25) is 0 Å². The van der Waals surface area contributed by atoms with E-state index in [0.717, 1.165) is 0 Å². The Balaban J connectivity index is 0. The molecular formula is H11AlGaInP. The normalized spacial score (nSPS) is 0. The van der Waals surface area contributed by atoms with Crippen LogP contribution in [0.5, 0.6) is 0 Å². The molecule has 0 heterocycles. The Kier molecular flexibility index (Phi) is 142. The fraction of sp³-hybridized carbons (Fsp3) is 0. The van der Waals surface area contributed by atoms with Crippen LogP contribution in [0, 0.1) is 0 Å². The van der Waals surface area contributed by atoms with Gasteiger partial charge in [-0.2, -0.15) is 0 Å². The van der Waals surface area contributed by atoms with E-state index < -0.39 is 0 Å². The van der Waals surface area contributed by atoms with Gasteiger partial charge in [0.15, 0.2) is 17.4 Å². The molecular weight excluding hydrogens is 242 g/mol. The average molecular weight is 254 g/mol. The van der Waals surface area contributed by atoms with Crippen LogP contribution >= 0.6 is 9.90 Å². The maximum Gasteiger partial charge on any atom is -0.118 e. The van der Waals surface area contributed by atoms with E-state index in [9.17, 15) is 0 Å². The largest absolute Gasteiger partial charge is 0.118 e. The predicted molar refractivity (Wildman–Crippen MR) is 39.5 cm³/mol. The summed E-state index contributed by atoms with van der Waals surface area (Å²) in [7, 11) is 0. The maximum absolute atomic E-state index is 0. The zero-order valence-corrected chi connectivity index (χ0v) is 1.73. The third-order valence-electron chi connectivity index (χ3n) is 0. The van der Waals surface area contributed by atoms with Crippen LogP contribution in [-0.2, 0) is 0 Å². The van der Waals surface area contributed by atoms with Gasteiger partial charge in [-0.25, -0.2) is 0 Å². The van der Waals surface area contributed by atoms with Gasteiger partial charge in [0.1, 0.15) is 0 Å². The molecule has 0 aromatic carbocycles. The van der Waals surface area contributed by atoms with Gasteiger partial charge in [0.05, 0.1) is 0 Å². The molecule has 0 N–H and O–H groups in total. The van der Waals surface area contributed by atoms with Gasteiger partial charge in [-0.15, -0.1) is 9.90 Å². The summed E-state index contributed by atoms with van der Waals surface area (Å²) in [4.78, 5) is 0. The van der Waals surface area contributed by atoms with Crippen molar-refractivity contribution in [3.63, 3.8) is 0 Å². The van der Waals surface area contributed by atoms with Gasteiger partial charge in [0, 0.05) is 0 Å². The van der Waals surface area contributed by atoms with Gasteiger partial charge >= 0.3 is 45.6 Å². The van der Waals surface area contributed by atoms with E-state index in [1.54, 1.807) is 0 Å². The molecule has 0 fully saturated rings. The topological polar surface area (TPSA) is 0 Å². The average Bonchev–Trinajstić information content (AvgIpc) is 0. The Morgan fingerprint density at radius 1 is 1.00 bits per heavy atom. The third kappa shape index (κ3) is 8.82. The SMILES string of the molecule is [AlH3].[GaH3].[InH3].[PH2]. The van der Waals surface area contributed by atoms with E-state index in [-0.39, 0.29) is 72.9 Å². The summed E-state index contributed by atoms with van der Waals surface area (Å²) in [5.74, 6) is 0. The molecule has 0 saturated carbocycles. The van der Waals surface area contributed by atoms with Crippen LogP contribution in [0.1, 0.15) is 0 Å². The van der Waals surface area contributed by atoms with Crippen LogP contribution < -0.4 is 0 Å². The summed E-state index contributed by atoms with van der Waals surface area (Å²) in [6.45, 7) is 0. The fourth-order valence-corrected chi connectivity index (χ4v) is 0. The second kappa shape index (κ2) is 17.9. The summed E-state index contributed by atoms with van der Waals surface area (Å²) in [6.07, 6.45) is 0. The number of hydrogen-bond donors (Lipinski definition) is 0. The summed E-state index contributed by atoms with van der Waals surface area (Å²) in [6, 6.07) is 0. The van der Waals surface area contributed by atoms with Crippen molar-refractivity contribution in [2.24, 2.45) is 0 Å². The quantitative estimate of drug-likeness (QED) is 0.315. The molecule has 0 nitrogen and oxygen atoms in total. The third-order valence-corrected chi connectivity index (χ3v) is 0. The molecule has 0 rings (SSSR count). The van der Waals surface area contributed by atoms with Gasteiger partial charge in [0.25, 0.3) is 0 Å². The summed E-state index contributed by atoms with van der Waals surface area (Å²) in [5.41, 5.74) is 0. The summed E-state index contributed by atoms with van der Waals surface area (Å²) < 4.78 is 0. The van der Waals surface area contributed by atoms with Crippen molar-refractivity contribution in [1.82, 2.24) is 0 Å². The summed E-state index contributed by atoms with van der Waals surface area (Å²) in [5, 5.41) is 0. The first-order valence-electron chi connectivity index (χ1n) is 0. The van der Waals surface area contributed by atoms with E-state index in [4.69, 9.17) is 0 Å². The van der Waals surface area contributed by atoms with E-state index in [1.807, 2.05) is 0 Å². The molecule has 0 aromatic heterocycles. The van der Waals surface area contributed by atoms with Crippen molar-refractivity contribution in [2.75, 3.05) is 0 Å². The number of rotatable bonds is 0. The molecule has 0 spiro atoms. The zero-order chi connectivity index (χ0) is 0. The molecule has 25 valence electrons. The zero-order valence-electron chi connectivity index (χ0n) is 0.577. The Bertz CT molecular complexity index is 8.00. The first-order valence-corrected chi connectivity index (χ1v) is 0. The molecule has 0 bridgehead atoms. The van der Waals surface area contributed by atoms with Crippen LogP contribution in [-0.4, -0.2) is 63.0 Å². The van der Waals surface area contributed by atoms with Crippen molar-refractivity contribution >= 4 is 72.9 Å². The van der Waals surface area contributed by atoms with E-state index in [2.05, 4.69) is 0 Å². The van der Waals surface area contributed by atoms with Gasteiger partial charge in [-0.3, -0.25) is 0 Å². The van der Waals surface area contributed by atoms with Crippen molar-refractivity contribution in [1.29, 1.82) is 0 Å². The van der Waals surface area contributed by atoms with Gasteiger partial charge in [-0.05, 0) is 0 Å². The summed E-state index contributed by atoms with van der Waals surface area (Å²) >= 11 is 0. The van der Waals surface area contributed by atoms with E-state index >= 15 is 0 Å². The second-order valence-corrected chi connectivity index (χ2v) is 0. The molecule has 0 saturated heterocycles. The molecule has 4 heavy (non-hydrogen) atoms. The van der Waals surface area contributed by atoms with Crippen molar-refractivity contribution in [3.05, 3.63) is 0 Å². The minimum atomic E-state index is 0. The Labute approximate surface area is 72.1 Å². The van der Waals surface area contributed by atoms with Crippen molar-refractivity contribution < 1.29 is 0 Å². The Hall–Kier alpha value is 2.47. The molecule has 0 aromatic rings. The van der Waals surface area contributed by atoms with Crippen LogP contribution in [0.4, 0.5) is 0 Å². The van der Waals surface area contributed by atoms with Crippen LogP contribution in [0.25, 0.3) is 0 Å².